The number of anilines is 1. The van der Waals surface area contributed by atoms with Crippen molar-refractivity contribution in [1.82, 2.24) is 10.2 Å². The lowest BCUT2D eigenvalue weighted by molar-refractivity contribution is -0.142. The predicted octanol–water partition coefficient (Wildman–Crippen LogP) is 2.10. The van der Waals surface area contributed by atoms with E-state index in [9.17, 15) is 19.5 Å². The van der Waals surface area contributed by atoms with Crippen LogP contribution in [0.3, 0.4) is 0 Å². The van der Waals surface area contributed by atoms with E-state index in [1.54, 1.807) is 24.3 Å². The van der Waals surface area contributed by atoms with Gasteiger partial charge in [0.05, 0.1) is 12.6 Å². The largest absolute Gasteiger partial charge is 0.480 e. The van der Waals surface area contributed by atoms with E-state index in [1.165, 1.54) is 0 Å². The monoisotopic (exact) mass is 391 g/mol. The fourth-order valence-electron chi connectivity index (χ4n) is 3.07. The van der Waals surface area contributed by atoms with Crippen LogP contribution in [0.5, 0.6) is 0 Å². The van der Waals surface area contributed by atoms with Crippen molar-refractivity contribution in [3.63, 3.8) is 0 Å². The lowest BCUT2D eigenvalue weighted by Crippen LogP contribution is -2.49. The first-order chi connectivity index (χ1) is 13.3. The highest BCUT2D eigenvalue weighted by atomic mass is 16.5. The van der Waals surface area contributed by atoms with Crippen molar-refractivity contribution in [3.8, 4) is 0 Å². The van der Waals surface area contributed by atoms with Gasteiger partial charge in [0.15, 0.2) is 0 Å². The number of carbonyl (C=O) groups excluding carboxylic acids is 2. The average Bonchev–Trinajstić information content (AvgIpc) is 3.07. The first-order valence-electron chi connectivity index (χ1n) is 9.52. The molecule has 8 heteroatoms. The zero-order valence-corrected chi connectivity index (χ0v) is 16.6. The standard InChI is InChI=1S/C20H29N3O5/c1-13(2)12-28-20(27)21-15-8-6-14(7-9-15)11-16(19(25)26)22-18(24)17-5-4-10-23(17)3/h6-9,13,16-17H,4-5,10-12H2,1-3H3,(H,21,27)(H,22,24)(H,25,26)/t16-,17-/m0/s1. The van der Waals surface area contributed by atoms with Crippen LogP contribution < -0.4 is 10.6 Å². The summed E-state index contributed by atoms with van der Waals surface area (Å²) in [6.45, 7) is 5.07. The number of carboxylic acids is 1. The number of hydrogen-bond donors (Lipinski definition) is 3. The normalized spacial score (nSPS) is 17.9. The van der Waals surface area contributed by atoms with Crippen molar-refractivity contribution in [2.24, 2.45) is 5.92 Å². The molecular weight excluding hydrogens is 362 g/mol. The minimum Gasteiger partial charge on any atom is -0.480 e. The van der Waals surface area contributed by atoms with Crippen molar-refractivity contribution in [1.29, 1.82) is 0 Å². The van der Waals surface area contributed by atoms with Crippen molar-refractivity contribution in [2.75, 3.05) is 25.5 Å². The van der Waals surface area contributed by atoms with E-state index in [1.807, 2.05) is 25.8 Å². The highest BCUT2D eigenvalue weighted by molar-refractivity contribution is 5.87. The van der Waals surface area contributed by atoms with Crippen molar-refractivity contribution in [2.45, 2.75) is 45.2 Å². The first kappa shape index (κ1) is 21.7. The summed E-state index contributed by atoms with van der Waals surface area (Å²) < 4.78 is 5.06. The summed E-state index contributed by atoms with van der Waals surface area (Å²) in [5.74, 6) is -1.08. The van der Waals surface area contributed by atoms with Crippen LogP contribution in [0.1, 0.15) is 32.3 Å². The molecule has 1 aromatic rings. The maximum Gasteiger partial charge on any atom is 0.411 e. The second-order valence-corrected chi connectivity index (χ2v) is 7.56. The van der Waals surface area contributed by atoms with Gasteiger partial charge >= 0.3 is 12.1 Å². The highest BCUT2D eigenvalue weighted by Gasteiger charge is 2.30. The highest BCUT2D eigenvalue weighted by Crippen LogP contribution is 2.16. The summed E-state index contributed by atoms with van der Waals surface area (Å²) in [7, 11) is 1.87. The van der Waals surface area contributed by atoms with Gasteiger partial charge in [0.25, 0.3) is 0 Å². The molecule has 0 saturated carbocycles. The molecule has 2 rings (SSSR count). The number of ether oxygens (including phenoxy) is 1. The quantitative estimate of drug-likeness (QED) is 0.626. The second kappa shape index (κ2) is 10.1. The SMILES string of the molecule is CC(C)COC(=O)Nc1ccc(C[C@H](NC(=O)[C@@H]2CCCN2C)C(=O)O)cc1. The van der Waals surface area contributed by atoms with E-state index in [2.05, 4.69) is 10.6 Å². The number of nitrogens with zero attached hydrogens (tertiary/aromatic N) is 1. The smallest absolute Gasteiger partial charge is 0.411 e. The maximum absolute atomic E-state index is 12.4. The maximum atomic E-state index is 12.4. The molecule has 0 aromatic heterocycles. The summed E-state index contributed by atoms with van der Waals surface area (Å²) in [6, 6.07) is 5.53. The molecular formula is C20H29N3O5. The Morgan fingerprint density at radius 1 is 1.25 bits per heavy atom. The Kier molecular flexibility index (Phi) is 7.80. The Hall–Kier alpha value is -2.61. The van der Waals surface area contributed by atoms with Crippen LogP contribution in [0.25, 0.3) is 0 Å². The number of benzene rings is 1. The van der Waals surface area contributed by atoms with Crippen LogP contribution in [0.2, 0.25) is 0 Å². The molecule has 3 N–H and O–H groups in total. The molecule has 0 spiro atoms. The van der Waals surface area contributed by atoms with E-state index in [0.29, 0.717) is 12.3 Å². The summed E-state index contributed by atoms with van der Waals surface area (Å²) in [5, 5.41) is 14.7. The fourth-order valence-corrected chi connectivity index (χ4v) is 3.07. The van der Waals surface area contributed by atoms with Gasteiger partial charge in [-0.25, -0.2) is 9.59 Å². The van der Waals surface area contributed by atoms with Gasteiger partial charge in [-0.1, -0.05) is 26.0 Å². The molecule has 1 aromatic carbocycles. The number of hydrogen-bond acceptors (Lipinski definition) is 5. The number of amides is 2. The van der Waals surface area contributed by atoms with Crippen LogP contribution in [0.4, 0.5) is 10.5 Å². The lowest BCUT2D eigenvalue weighted by atomic mass is 10.0. The summed E-state index contributed by atoms with van der Waals surface area (Å²) in [5.41, 5.74) is 1.30. The number of likely N-dealkylation sites (N-methyl/N-ethyl adjacent to an activating group) is 1. The molecule has 0 aliphatic carbocycles. The number of aliphatic carboxylic acids is 1. The van der Waals surface area contributed by atoms with Crippen molar-refractivity contribution in [3.05, 3.63) is 29.8 Å². The van der Waals surface area contributed by atoms with Gasteiger partial charge in [-0.2, -0.15) is 0 Å². The first-order valence-corrected chi connectivity index (χ1v) is 9.52. The van der Waals surface area contributed by atoms with Gasteiger partial charge in [0.2, 0.25) is 5.91 Å². The molecule has 0 bridgehead atoms. The molecule has 8 nitrogen and oxygen atoms in total. The van der Waals surface area contributed by atoms with E-state index < -0.39 is 18.1 Å². The molecule has 2 amide bonds. The Labute approximate surface area is 165 Å². The van der Waals surface area contributed by atoms with E-state index in [-0.39, 0.29) is 24.3 Å². The molecule has 28 heavy (non-hydrogen) atoms. The Morgan fingerprint density at radius 3 is 2.46 bits per heavy atom. The van der Waals surface area contributed by atoms with Gasteiger partial charge in [0, 0.05) is 12.1 Å². The summed E-state index contributed by atoms with van der Waals surface area (Å²) in [6.07, 6.45) is 1.30. The summed E-state index contributed by atoms with van der Waals surface area (Å²) in [4.78, 5) is 37.6. The Balaban J connectivity index is 1.91. The number of likely N-dealkylation sites (tertiary alicyclic amines) is 1. The molecule has 0 unspecified atom stereocenters. The van der Waals surface area contributed by atoms with Crippen LogP contribution >= 0.6 is 0 Å². The number of carboxylic acid groups (broad SMARTS) is 1. The number of nitrogens with one attached hydrogen (secondary N) is 2. The fraction of sp³-hybridized carbons (Fsp3) is 0.550. The molecule has 1 aliphatic rings. The molecule has 0 radical (unpaired) electrons. The van der Waals surface area contributed by atoms with E-state index >= 15 is 0 Å². The van der Waals surface area contributed by atoms with Gasteiger partial charge in [-0.15, -0.1) is 0 Å². The van der Waals surface area contributed by atoms with Crippen LogP contribution in [-0.4, -0.2) is 60.3 Å². The van der Waals surface area contributed by atoms with Gasteiger partial charge in [-0.05, 0) is 50.0 Å². The molecule has 2 atom stereocenters. The lowest BCUT2D eigenvalue weighted by Gasteiger charge is -2.22. The van der Waals surface area contributed by atoms with Crippen LogP contribution in [0.15, 0.2) is 24.3 Å². The molecule has 1 aliphatic heterocycles. The predicted molar refractivity (Wildman–Crippen MR) is 105 cm³/mol. The van der Waals surface area contributed by atoms with Crippen LogP contribution in [0, 0.1) is 5.92 Å². The van der Waals surface area contributed by atoms with Gasteiger partial charge in [0.1, 0.15) is 6.04 Å². The number of rotatable bonds is 8. The Morgan fingerprint density at radius 2 is 1.93 bits per heavy atom. The van der Waals surface area contributed by atoms with Gasteiger partial charge < -0.3 is 15.2 Å². The second-order valence-electron chi connectivity index (χ2n) is 7.56. The van der Waals surface area contributed by atoms with Crippen molar-refractivity contribution >= 4 is 23.7 Å². The molecule has 1 fully saturated rings. The molecule has 1 heterocycles. The third-order valence-corrected chi connectivity index (χ3v) is 4.63. The zero-order valence-electron chi connectivity index (χ0n) is 16.6. The van der Waals surface area contributed by atoms with Gasteiger partial charge in [-0.3, -0.25) is 15.0 Å². The third-order valence-electron chi connectivity index (χ3n) is 4.63. The average molecular weight is 391 g/mol. The molecule has 154 valence electrons. The topological polar surface area (TPSA) is 108 Å². The van der Waals surface area contributed by atoms with Crippen LogP contribution in [-0.2, 0) is 20.7 Å². The minimum absolute atomic E-state index is 0.162. The third kappa shape index (κ3) is 6.53. The van der Waals surface area contributed by atoms with E-state index in [0.717, 1.165) is 24.9 Å². The minimum atomic E-state index is -1.08. The van der Waals surface area contributed by atoms with Crippen molar-refractivity contribution < 1.29 is 24.2 Å². The summed E-state index contributed by atoms with van der Waals surface area (Å²) >= 11 is 0. The van der Waals surface area contributed by atoms with E-state index in [4.69, 9.17) is 4.74 Å². The Bertz CT molecular complexity index is 690. The number of carbonyl (C=O) groups is 3. The zero-order chi connectivity index (χ0) is 20.7. The molecule has 1 saturated heterocycles.